The Kier molecular flexibility index (Phi) is 3.84. The summed E-state index contributed by atoms with van der Waals surface area (Å²) in [4.78, 5) is 22.7. The van der Waals surface area contributed by atoms with Gasteiger partial charge >= 0.3 is 0 Å². The molecule has 1 saturated carbocycles. The fourth-order valence-corrected chi connectivity index (χ4v) is 1.73. The Balaban J connectivity index is 1.97. The highest BCUT2D eigenvalue weighted by Crippen LogP contribution is 2.20. The average molecular weight is 268 g/mol. The van der Waals surface area contributed by atoms with Crippen LogP contribution < -0.4 is 16.4 Å². The van der Waals surface area contributed by atoms with Crippen molar-refractivity contribution in [3.63, 3.8) is 0 Å². The van der Waals surface area contributed by atoms with Crippen LogP contribution in [0.25, 0.3) is 0 Å². The second-order valence-electron chi connectivity index (χ2n) is 4.26. The van der Waals surface area contributed by atoms with Crippen molar-refractivity contribution in [1.29, 1.82) is 0 Å². The molecule has 1 aromatic rings. The topological polar surface area (TPSA) is 84.2 Å². The molecule has 2 rings (SSSR count). The Morgan fingerprint density at radius 1 is 1.39 bits per heavy atom. The highest BCUT2D eigenvalue weighted by atomic mass is 35.5. The van der Waals surface area contributed by atoms with Gasteiger partial charge in [-0.15, -0.1) is 0 Å². The van der Waals surface area contributed by atoms with E-state index in [9.17, 15) is 9.59 Å². The molecule has 0 bridgehead atoms. The Morgan fingerprint density at radius 3 is 2.72 bits per heavy atom. The van der Waals surface area contributed by atoms with Crippen LogP contribution in [0.1, 0.15) is 23.2 Å². The third kappa shape index (κ3) is 3.45. The summed E-state index contributed by atoms with van der Waals surface area (Å²) in [6.07, 6.45) is 2.25. The Hall–Kier alpha value is -1.59. The Bertz CT molecular complexity index is 486. The van der Waals surface area contributed by atoms with E-state index in [4.69, 9.17) is 17.3 Å². The molecule has 1 fully saturated rings. The van der Waals surface area contributed by atoms with E-state index < -0.39 is 5.91 Å². The molecule has 4 N–H and O–H groups in total. The zero-order valence-corrected chi connectivity index (χ0v) is 10.5. The summed E-state index contributed by atoms with van der Waals surface area (Å²) in [6.45, 7) is 0.263. The number of carbonyl (C=O) groups excluding carboxylic acids is 2. The predicted octanol–water partition coefficient (Wildman–Crippen LogP) is 1.13. The number of nitrogens with one attached hydrogen (secondary N) is 2. The summed E-state index contributed by atoms with van der Waals surface area (Å²) in [6, 6.07) is 5.11. The Morgan fingerprint density at radius 2 is 2.11 bits per heavy atom. The maximum Gasteiger partial charge on any atom is 0.250 e. The van der Waals surface area contributed by atoms with Gasteiger partial charge in [0.25, 0.3) is 0 Å². The molecule has 0 heterocycles. The minimum Gasteiger partial charge on any atom is -0.366 e. The summed E-state index contributed by atoms with van der Waals surface area (Å²) < 4.78 is 0. The lowest BCUT2D eigenvalue weighted by molar-refractivity contribution is -0.115. The highest BCUT2D eigenvalue weighted by Gasteiger charge is 2.21. The third-order valence-corrected chi connectivity index (χ3v) is 2.97. The van der Waals surface area contributed by atoms with Crippen molar-refractivity contribution in [3.05, 3.63) is 28.8 Å². The predicted molar refractivity (Wildman–Crippen MR) is 69.6 cm³/mol. The van der Waals surface area contributed by atoms with Crippen molar-refractivity contribution in [1.82, 2.24) is 5.32 Å². The van der Waals surface area contributed by atoms with Crippen LogP contribution in [0.4, 0.5) is 5.69 Å². The van der Waals surface area contributed by atoms with Gasteiger partial charge in [0, 0.05) is 11.7 Å². The quantitative estimate of drug-likeness (QED) is 0.748. The molecule has 0 aliphatic heterocycles. The number of benzene rings is 1. The number of halogens is 1. The van der Waals surface area contributed by atoms with Gasteiger partial charge in [-0.05, 0) is 31.0 Å². The highest BCUT2D eigenvalue weighted by molar-refractivity contribution is 6.33. The molecule has 0 spiro atoms. The van der Waals surface area contributed by atoms with Crippen LogP contribution in [0.2, 0.25) is 5.02 Å². The molecule has 0 unspecified atom stereocenters. The van der Waals surface area contributed by atoms with E-state index in [1.165, 1.54) is 12.1 Å². The molecular weight excluding hydrogens is 254 g/mol. The van der Waals surface area contributed by atoms with Crippen molar-refractivity contribution in [2.24, 2.45) is 5.73 Å². The number of primary amides is 1. The van der Waals surface area contributed by atoms with Gasteiger partial charge in [-0.25, -0.2) is 0 Å². The van der Waals surface area contributed by atoms with Gasteiger partial charge < -0.3 is 16.4 Å². The maximum absolute atomic E-state index is 11.6. The molecule has 5 nitrogen and oxygen atoms in total. The minimum atomic E-state index is -0.618. The summed E-state index contributed by atoms with van der Waals surface area (Å²) in [7, 11) is 0. The van der Waals surface area contributed by atoms with E-state index >= 15 is 0 Å². The van der Waals surface area contributed by atoms with Crippen LogP contribution in [-0.2, 0) is 4.79 Å². The van der Waals surface area contributed by atoms with Crippen LogP contribution in [0, 0.1) is 0 Å². The molecule has 0 aromatic heterocycles. The van der Waals surface area contributed by atoms with E-state index in [-0.39, 0.29) is 23.0 Å². The average Bonchev–Trinajstić information content (AvgIpc) is 3.12. The van der Waals surface area contributed by atoms with E-state index in [0.29, 0.717) is 11.7 Å². The van der Waals surface area contributed by atoms with E-state index in [1.807, 2.05) is 0 Å². The lowest BCUT2D eigenvalue weighted by atomic mass is 10.2. The largest absolute Gasteiger partial charge is 0.366 e. The molecule has 96 valence electrons. The summed E-state index contributed by atoms with van der Waals surface area (Å²) in [5.74, 6) is -0.771. The molecule has 1 aliphatic carbocycles. The first-order valence-electron chi connectivity index (χ1n) is 5.69. The Labute approximate surface area is 110 Å². The third-order valence-electron chi connectivity index (χ3n) is 2.64. The van der Waals surface area contributed by atoms with Crippen molar-refractivity contribution in [2.45, 2.75) is 18.9 Å². The van der Waals surface area contributed by atoms with Gasteiger partial charge in [-0.2, -0.15) is 0 Å². The van der Waals surface area contributed by atoms with Gasteiger partial charge in [0.15, 0.2) is 0 Å². The van der Waals surface area contributed by atoms with Crippen LogP contribution in [0.5, 0.6) is 0 Å². The molecule has 1 aliphatic rings. The van der Waals surface area contributed by atoms with E-state index in [0.717, 1.165) is 12.8 Å². The van der Waals surface area contributed by atoms with Crippen molar-refractivity contribution < 1.29 is 9.59 Å². The monoisotopic (exact) mass is 267 g/mol. The molecule has 0 radical (unpaired) electrons. The van der Waals surface area contributed by atoms with Crippen molar-refractivity contribution in [3.8, 4) is 0 Å². The number of nitrogens with two attached hydrogens (primary N) is 1. The maximum atomic E-state index is 11.6. The van der Waals surface area contributed by atoms with Crippen LogP contribution >= 0.6 is 11.6 Å². The number of hydrogen-bond acceptors (Lipinski definition) is 3. The molecule has 0 atom stereocenters. The molecular formula is C12H14ClN3O2. The number of amides is 2. The van der Waals surface area contributed by atoms with Gasteiger partial charge in [0.05, 0.1) is 17.1 Å². The standard InChI is InChI=1S/C12H14ClN3O2/c13-10-4-3-8(5-9(10)12(14)18)16-11(17)6-15-7-1-2-7/h3-5,7,15H,1-2,6H2,(H2,14,18)(H,16,17). The summed E-state index contributed by atoms with van der Waals surface area (Å²) >= 11 is 5.81. The zero-order chi connectivity index (χ0) is 13.1. The van der Waals surface area contributed by atoms with Crippen LogP contribution in [0.15, 0.2) is 18.2 Å². The lowest BCUT2D eigenvalue weighted by Gasteiger charge is -2.08. The molecule has 1 aromatic carbocycles. The van der Waals surface area contributed by atoms with Crippen molar-refractivity contribution in [2.75, 3.05) is 11.9 Å². The van der Waals surface area contributed by atoms with Crippen LogP contribution in [-0.4, -0.2) is 24.4 Å². The lowest BCUT2D eigenvalue weighted by Crippen LogP contribution is -2.29. The first kappa shape index (κ1) is 12.9. The number of carbonyl (C=O) groups is 2. The normalized spacial score (nSPS) is 14.3. The van der Waals surface area contributed by atoms with Crippen LogP contribution in [0.3, 0.4) is 0 Å². The summed E-state index contributed by atoms with van der Waals surface area (Å²) in [5.41, 5.74) is 5.88. The summed E-state index contributed by atoms with van der Waals surface area (Å²) in [5, 5.41) is 6.05. The van der Waals surface area contributed by atoms with Gasteiger partial charge in [-0.1, -0.05) is 11.6 Å². The molecule has 2 amide bonds. The number of rotatable bonds is 5. The van der Waals surface area contributed by atoms with Gasteiger partial charge in [0.2, 0.25) is 11.8 Å². The molecule has 0 saturated heterocycles. The fourth-order valence-electron chi connectivity index (χ4n) is 1.52. The fraction of sp³-hybridized carbons (Fsp3) is 0.333. The minimum absolute atomic E-state index is 0.153. The zero-order valence-electron chi connectivity index (χ0n) is 9.70. The van der Waals surface area contributed by atoms with E-state index in [2.05, 4.69) is 10.6 Å². The van der Waals surface area contributed by atoms with E-state index in [1.54, 1.807) is 6.07 Å². The van der Waals surface area contributed by atoms with Crippen molar-refractivity contribution >= 4 is 29.1 Å². The first-order valence-corrected chi connectivity index (χ1v) is 6.06. The van der Waals surface area contributed by atoms with Gasteiger partial charge in [0.1, 0.15) is 0 Å². The smallest absolute Gasteiger partial charge is 0.250 e. The van der Waals surface area contributed by atoms with Gasteiger partial charge in [-0.3, -0.25) is 9.59 Å². The second-order valence-corrected chi connectivity index (χ2v) is 4.67. The second kappa shape index (κ2) is 5.37. The number of anilines is 1. The number of hydrogen-bond donors (Lipinski definition) is 3. The first-order chi connectivity index (χ1) is 8.56. The molecule has 18 heavy (non-hydrogen) atoms. The SMILES string of the molecule is NC(=O)c1cc(NC(=O)CNC2CC2)ccc1Cl. The molecule has 6 heteroatoms.